The first-order valence-corrected chi connectivity index (χ1v) is 11.2. The van der Waals surface area contributed by atoms with Crippen molar-refractivity contribution in [2.75, 3.05) is 27.2 Å². The highest BCUT2D eigenvalue weighted by Crippen LogP contribution is 2.29. The van der Waals surface area contributed by atoms with E-state index in [0.717, 1.165) is 37.8 Å². The molecule has 0 spiro atoms. The number of imidazole rings is 1. The molecule has 1 aliphatic heterocycles. The first-order valence-electron chi connectivity index (χ1n) is 10.3. The standard InChI is InChI=1S/C23H29N5OS/c1-17-8-10-27(14-22(17)28-11-9-25-16-28)23(24-2)26-13-21-12-19(15-30-21)18-4-6-20(29-3)7-5-18/h4-7,9,11-12,15-17,22H,8,10,13-14H2,1-3H3,(H,24,26). The molecule has 30 heavy (non-hydrogen) atoms. The van der Waals surface area contributed by atoms with Crippen LogP contribution < -0.4 is 10.1 Å². The van der Waals surface area contributed by atoms with Crippen LogP contribution in [0, 0.1) is 5.92 Å². The van der Waals surface area contributed by atoms with Crippen molar-refractivity contribution in [2.45, 2.75) is 25.9 Å². The second-order valence-corrected chi connectivity index (χ2v) is 8.72. The van der Waals surface area contributed by atoms with E-state index in [1.165, 1.54) is 16.0 Å². The lowest BCUT2D eigenvalue weighted by Crippen LogP contribution is -2.48. The van der Waals surface area contributed by atoms with Crippen molar-refractivity contribution >= 4 is 17.3 Å². The average molecular weight is 424 g/mol. The number of likely N-dealkylation sites (tertiary alicyclic amines) is 1. The molecular weight excluding hydrogens is 394 g/mol. The van der Waals surface area contributed by atoms with Gasteiger partial charge in [-0.15, -0.1) is 11.3 Å². The quantitative estimate of drug-likeness (QED) is 0.492. The number of benzene rings is 1. The zero-order valence-corrected chi connectivity index (χ0v) is 18.6. The Kier molecular flexibility index (Phi) is 6.38. The monoisotopic (exact) mass is 423 g/mol. The molecule has 158 valence electrons. The largest absolute Gasteiger partial charge is 0.497 e. The van der Waals surface area contributed by atoms with E-state index in [1.807, 2.05) is 31.7 Å². The van der Waals surface area contributed by atoms with Crippen molar-refractivity contribution in [1.29, 1.82) is 0 Å². The minimum atomic E-state index is 0.420. The Morgan fingerprint density at radius 2 is 2.13 bits per heavy atom. The van der Waals surface area contributed by atoms with Gasteiger partial charge in [0.25, 0.3) is 0 Å². The van der Waals surface area contributed by atoms with Crippen molar-refractivity contribution in [3.05, 3.63) is 59.3 Å². The van der Waals surface area contributed by atoms with Crippen LogP contribution in [0.25, 0.3) is 11.1 Å². The lowest BCUT2D eigenvalue weighted by molar-refractivity contribution is 0.189. The minimum absolute atomic E-state index is 0.420. The molecule has 7 heteroatoms. The predicted molar refractivity (Wildman–Crippen MR) is 123 cm³/mol. The molecule has 2 unspecified atom stereocenters. The van der Waals surface area contributed by atoms with Crippen LogP contribution in [0.2, 0.25) is 0 Å². The summed E-state index contributed by atoms with van der Waals surface area (Å²) in [5.41, 5.74) is 2.44. The van der Waals surface area contributed by atoms with Crippen LogP contribution in [0.5, 0.6) is 5.75 Å². The van der Waals surface area contributed by atoms with Gasteiger partial charge in [0.1, 0.15) is 5.75 Å². The van der Waals surface area contributed by atoms with E-state index in [1.54, 1.807) is 18.4 Å². The Balaban J connectivity index is 1.38. The Labute approximate surface area is 182 Å². The number of ether oxygens (including phenoxy) is 1. The van der Waals surface area contributed by atoms with Crippen LogP contribution in [0.4, 0.5) is 0 Å². The maximum absolute atomic E-state index is 5.25. The van der Waals surface area contributed by atoms with E-state index in [0.29, 0.717) is 12.0 Å². The normalized spacial score (nSPS) is 19.7. The molecule has 4 rings (SSSR count). The Hall–Kier alpha value is -2.80. The third-order valence-electron chi connectivity index (χ3n) is 5.84. The third kappa shape index (κ3) is 4.51. The summed E-state index contributed by atoms with van der Waals surface area (Å²) in [5, 5.41) is 5.77. The summed E-state index contributed by atoms with van der Waals surface area (Å²) in [5.74, 6) is 2.47. The summed E-state index contributed by atoms with van der Waals surface area (Å²) in [6.45, 7) is 5.06. The summed E-state index contributed by atoms with van der Waals surface area (Å²) in [7, 11) is 3.56. The molecule has 0 aliphatic carbocycles. The van der Waals surface area contributed by atoms with E-state index in [4.69, 9.17) is 4.74 Å². The highest BCUT2D eigenvalue weighted by molar-refractivity contribution is 7.10. The molecule has 0 saturated carbocycles. The number of hydrogen-bond acceptors (Lipinski definition) is 4. The van der Waals surface area contributed by atoms with E-state index in [9.17, 15) is 0 Å². The number of thiophene rings is 1. The van der Waals surface area contributed by atoms with Gasteiger partial charge in [0, 0.05) is 37.4 Å². The summed E-state index contributed by atoms with van der Waals surface area (Å²) in [4.78, 5) is 12.4. The Bertz CT molecular complexity index is 964. The molecule has 6 nitrogen and oxygen atoms in total. The Morgan fingerprint density at radius 3 is 2.83 bits per heavy atom. The highest BCUT2D eigenvalue weighted by Gasteiger charge is 2.28. The molecule has 1 N–H and O–H groups in total. The van der Waals surface area contributed by atoms with E-state index < -0.39 is 0 Å². The fraction of sp³-hybridized carbons (Fsp3) is 0.391. The van der Waals surface area contributed by atoms with Gasteiger partial charge in [0.05, 0.1) is 26.0 Å². The Morgan fingerprint density at radius 1 is 1.30 bits per heavy atom. The van der Waals surface area contributed by atoms with Crippen LogP contribution in [0.3, 0.4) is 0 Å². The number of aliphatic imine (C=N–C) groups is 1. The molecule has 0 radical (unpaired) electrons. The molecule has 1 fully saturated rings. The molecule has 1 aliphatic rings. The molecule has 1 aromatic carbocycles. The zero-order valence-electron chi connectivity index (χ0n) is 17.8. The summed E-state index contributed by atoms with van der Waals surface area (Å²) >= 11 is 1.77. The van der Waals surface area contributed by atoms with Crippen LogP contribution in [0.1, 0.15) is 24.3 Å². The van der Waals surface area contributed by atoms with Gasteiger partial charge in [-0.1, -0.05) is 19.1 Å². The first-order chi connectivity index (χ1) is 14.7. The number of nitrogens with zero attached hydrogens (tertiary/aromatic N) is 4. The molecular formula is C23H29N5OS. The molecule has 0 amide bonds. The van der Waals surface area contributed by atoms with Gasteiger partial charge in [-0.3, -0.25) is 4.99 Å². The minimum Gasteiger partial charge on any atom is -0.497 e. The zero-order chi connectivity index (χ0) is 20.9. The van der Waals surface area contributed by atoms with Crippen molar-refractivity contribution in [3.8, 4) is 16.9 Å². The number of methoxy groups -OCH3 is 1. The lowest BCUT2D eigenvalue weighted by Gasteiger charge is -2.39. The van der Waals surface area contributed by atoms with Gasteiger partial charge < -0.3 is 19.5 Å². The van der Waals surface area contributed by atoms with Gasteiger partial charge in [0.15, 0.2) is 5.96 Å². The highest BCUT2D eigenvalue weighted by atomic mass is 32.1. The third-order valence-corrected chi connectivity index (χ3v) is 6.77. The van der Waals surface area contributed by atoms with Gasteiger partial charge in [-0.25, -0.2) is 4.98 Å². The van der Waals surface area contributed by atoms with Crippen LogP contribution in [0.15, 0.2) is 59.4 Å². The number of hydrogen-bond donors (Lipinski definition) is 1. The van der Waals surface area contributed by atoms with Gasteiger partial charge in [-0.05, 0) is 47.0 Å². The summed E-state index contributed by atoms with van der Waals surface area (Å²) in [6.07, 6.45) is 6.99. The van der Waals surface area contributed by atoms with E-state index >= 15 is 0 Å². The number of rotatable bonds is 5. The topological polar surface area (TPSA) is 54.7 Å². The molecule has 0 bridgehead atoms. The molecule has 2 atom stereocenters. The van der Waals surface area contributed by atoms with E-state index in [2.05, 4.69) is 61.5 Å². The van der Waals surface area contributed by atoms with Crippen molar-refractivity contribution in [3.63, 3.8) is 0 Å². The van der Waals surface area contributed by atoms with Crippen molar-refractivity contribution in [1.82, 2.24) is 19.8 Å². The van der Waals surface area contributed by atoms with Crippen LogP contribution in [-0.2, 0) is 6.54 Å². The van der Waals surface area contributed by atoms with Crippen LogP contribution >= 0.6 is 11.3 Å². The molecule has 2 aromatic heterocycles. The number of piperidine rings is 1. The maximum atomic E-state index is 5.25. The second kappa shape index (κ2) is 9.34. The smallest absolute Gasteiger partial charge is 0.194 e. The van der Waals surface area contributed by atoms with Gasteiger partial charge >= 0.3 is 0 Å². The number of guanidine groups is 1. The average Bonchev–Trinajstić information content (AvgIpc) is 3.48. The second-order valence-electron chi connectivity index (χ2n) is 7.72. The number of nitrogens with one attached hydrogen (secondary N) is 1. The number of aromatic nitrogens is 2. The van der Waals surface area contributed by atoms with Gasteiger partial charge in [-0.2, -0.15) is 0 Å². The SMILES string of the molecule is CN=C(NCc1cc(-c2ccc(OC)cc2)cs1)N1CCC(C)C(n2ccnc2)C1. The molecule has 1 saturated heterocycles. The maximum Gasteiger partial charge on any atom is 0.194 e. The fourth-order valence-corrected chi connectivity index (χ4v) is 4.83. The summed E-state index contributed by atoms with van der Waals surface area (Å²) < 4.78 is 7.48. The van der Waals surface area contributed by atoms with E-state index in [-0.39, 0.29) is 0 Å². The van der Waals surface area contributed by atoms with Crippen molar-refractivity contribution in [2.24, 2.45) is 10.9 Å². The fourth-order valence-electron chi connectivity index (χ4n) is 4.00. The molecule has 3 aromatic rings. The van der Waals surface area contributed by atoms with Crippen LogP contribution in [-0.4, -0.2) is 47.7 Å². The lowest BCUT2D eigenvalue weighted by atomic mass is 9.93. The first kappa shape index (κ1) is 20.5. The van der Waals surface area contributed by atoms with Gasteiger partial charge in [0.2, 0.25) is 0 Å². The molecule has 3 heterocycles. The van der Waals surface area contributed by atoms with Crippen molar-refractivity contribution < 1.29 is 4.74 Å². The summed E-state index contributed by atoms with van der Waals surface area (Å²) in [6, 6.07) is 10.9. The predicted octanol–water partition coefficient (Wildman–Crippen LogP) is 4.28.